The van der Waals surface area contributed by atoms with Crippen LogP contribution in [0.2, 0.25) is 0 Å². The van der Waals surface area contributed by atoms with Gasteiger partial charge in [-0.1, -0.05) is 13.8 Å². The van der Waals surface area contributed by atoms with Gasteiger partial charge >= 0.3 is 0 Å². The Morgan fingerprint density at radius 1 is 1.23 bits per heavy atom. The largest absolute Gasteiger partial charge is 0.346 e. The molecule has 3 nitrogen and oxygen atoms in total. The standard InChI is InChI=1S/C10H18O3/c1-5-7-6(2)8-9(11-7)13-10(3,4)12-8/h6-9H,5H2,1-4H3/t6-,7+,8+,9+/m1/s1. The van der Waals surface area contributed by atoms with Crippen LogP contribution in [0.4, 0.5) is 0 Å². The molecule has 0 radical (unpaired) electrons. The summed E-state index contributed by atoms with van der Waals surface area (Å²) >= 11 is 0. The molecule has 76 valence electrons. The Bertz CT molecular complexity index is 202. The Labute approximate surface area is 79.4 Å². The first kappa shape index (κ1) is 9.44. The van der Waals surface area contributed by atoms with Crippen molar-refractivity contribution < 1.29 is 14.2 Å². The second-order valence-electron chi connectivity index (χ2n) is 4.41. The lowest BCUT2D eigenvalue weighted by molar-refractivity contribution is -0.209. The van der Waals surface area contributed by atoms with Crippen LogP contribution in [-0.4, -0.2) is 24.3 Å². The van der Waals surface area contributed by atoms with Crippen molar-refractivity contribution in [3.8, 4) is 0 Å². The smallest absolute Gasteiger partial charge is 0.187 e. The van der Waals surface area contributed by atoms with Crippen LogP contribution >= 0.6 is 0 Å². The Morgan fingerprint density at radius 2 is 1.92 bits per heavy atom. The minimum atomic E-state index is -0.470. The van der Waals surface area contributed by atoms with E-state index < -0.39 is 5.79 Å². The molecule has 2 heterocycles. The quantitative estimate of drug-likeness (QED) is 0.626. The van der Waals surface area contributed by atoms with Crippen LogP contribution in [0.15, 0.2) is 0 Å². The van der Waals surface area contributed by atoms with Gasteiger partial charge in [0.05, 0.1) is 6.10 Å². The molecule has 13 heavy (non-hydrogen) atoms. The summed E-state index contributed by atoms with van der Waals surface area (Å²) in [6.07, 6.45) is 1.31. The number of fused-ring (bicyclic) bond motifs is 1. The normalized spacial score (nSPS) is 48.0. The van der Waals surface area contributed by atoms with Gasteiger partial charge in [0.1, 0.15) is 6.10 Å². The highest BCUT2D eigenvalue weighted by molar-refractivity contribution is 4.89. The van der Waals surface area contributed by atoms with E-state index in [1.807, 2.05) is 13.8 Å². The van der Waals surface area contributed by atoms with Gasteiger partial charge in [0.25, 0.3) is 0 Å². The first-order valence-electron chi connectivity index (χ1n) is 5.04. The van der Waals surface area contributed by atoms with Gasteiger partial charge in [-0.15, -0.1) is 0 Å². The van der Waals surface area contributed by atoms with Crippen LogP contribution in [0.3, 0.4) is 0 Å². The van der Waals surface area contributed by atoms with E-state index in [-0.39, 0.29) is 12.4 Å². The third-order valence-electron chi connectivity index (χ3n) is 2.90. The minimum Gasteiger partial charge on any atom is -0.346 e. The molecule has 0 unspecified atom stereocenters. The van der Waals surface area contributed by atoms with Crippen molar-refractivity contribution in [2.45, 2.75) is 58.4 Å². The molecule has 2 aliphatic heterocycles. The summed E-state index contributed by atoms with van der Waals surface area (Å²) < 4.78 is 17.1. The summed E-state index contributed by atoms with van der Waals surface area (Å²) in [6, 6.07) is 0. The van der Waals surface area contributed by atoms with Crippen molar-refractivity contribution in [1.29, 1.82) is 0 Å². The van der Waals surface area contributed by atoms with Crippen LogP contribution in [0, 0.1) is 5.92 Å². The molecule has 0 amide bonds. The van der Waals surface area contributed by atoms with E-state index in [4.69, 9.17) is 14.2 Å². The van der Waals surface area contributed by atoms with Gasteiger partial charge in [0.15, 0.2) is 12.1 Å². The molecule has 0 aromatic rings. The molecule has 2 saturated heterocycles. The molecule has 4 atom stereocenters. The zero-order chi connectivity index (χ0) is 9.64. The van der Waals surface area contributed by atoms with Crippen LogP contribution < -0.4 is 0 Å². The summed E-state index contributed by atoms with van der Waals surface area (Å²) in [7, 11) is 0. The topological polar surface area (TPSA) is 27.7 Å². The first-order valence-corrected chi connectivity index (χ1v) is 5.04. The van der Waals surface area contributed by atoms with Crippen molar-refractivity contribution >= 4 is 0 Å². The predicted octanol–water partition coefficient (Wildman–Crippen LogP) is 1.91. The van der Waals surface area contributed by atoms with Gasteiger partial charge in [0, 0.05) is 5.92 Å². The molecule has 0 aromatic heterocycles. The van der Waals surface area contributed by atoms with Crippen molar-refractivity contribution in [2.24, 2.45) is 5.92 Å². The van der Waals surface area contributed by atoms with Crippen molar-refractivity contribution in [3.63, 3.8) is 0 Å². The molecule has 0 saturated carbocycles. The van der Waals surface area contributed by atoms with E-state index in [9.17, 15) is 0 Å². The molecular weight excluding hydrogens is 168 g/mol. The maximum atomic E-state index is 5.77. The van der Waals surface area contributed by atoms with E-state index in [1.54, 1.807) is 0 Å². The molecule has 2 rings (SSSR count). The molecular formula is C10H18O3. The summed E-state index contributed by atoms with van der Waals surface area (Å²) in [5.74, 6) is -0.0285. The molecule has 2 aliphatic rings. The lowest BCUT2D eigenvalue weighted by atomic mass is 9.99. The highest BCUT2D eigenvalue weighted by Gasteiger charge is 2.52. The Balaban J connectivity index is 2.07. The Kier molecular flexibility index (Phi) is 2.13. The van der Waals surface area contributed by atoms with Gasteiger partial charge in [-0.2, -0.15) is 0 Å². The van der Waals surface area contributed by atoms with Gasteiger partial charge in [-0.05, 0) is 20.3 Å². The molecule has 0 spiro atoms. The molecule has 2 fully saturated rings. The summed E-state index contributed by atoms with van der Waals surface area (Å²) in [4.78, 5) is 0. The van der Waals surface area contributed by atoms with E-state index in [0.717, 1.165) is 6.42 Å². The number of hydrogen-bond donors (Lipinski definition) is 0. The molecule has 0 bridgehead atoms. The van der Waals surface area contributed by atoms with Crippen molar-refractivity contribution in [3.05, 3.63) is 0 Å². The lowest BCUT2D eigenvalue weighted by Gasteiger charge is -2.22. The Hall–Kier alpha value is -0.120. The average molecular weight is 186 g/mol. The van der Waals surface area contributed by atoms with Crippen LogP contribution in [0.5, 0.6) is 0 Å². The molecule has 0 N–H and O–H groups in total. The minimum absolute atomic E-state index is 0.125. The van der Waals surface area contributed by atoms with E-state index in [1.165, 1.54) is 0 Å². The van der Waals surface area contributed by atoms with E-state index >= 15 is 0 Å². The lowest BCUT2D eigenvalue weighted by Crippen LogP contribution is -2.28. The van der Waals surface area contributed by atoms with Crippen LogP contribution in [-0.2, 0) is 14.2 Å². The second kappa shape index (κ2) is 2.94. The third-order valence-corrected chi connectivity index (χ3v) is 2.90. The average Bonchev–Trinajstić information content (AvgIpc) is 2.47. The summed E-state index contributed by atoms with van der Waals surface area (Å²) in [5.41, 5.74) is 0. The fraction of sp³-hybridized carbons (Fsp3) is 1.00. The molecule has 0 aliphatic carbocycles. The second-order valence-corrected chi connectivity index (χ2v) is 4.41. The molecule has 3 heteroatoms. The third kappa shape index (κ3) is 1.49. The van der Waals surface area contributed by atoms with Gasteiger partial charge in [0.2, 0.25) is 0 Å². The van der Waals surface area contributed by atoms with Crippen molar-refractivity contribution in [2.75, 3.05) is 0 Å². The molecule has 0 aromatic carbocycles. The Morgan fingerprint density at radius 3 is 2.46 bits per heavy atom. The highest BCUT2D eigenvalue weighted by Crippen LogP contribution is 2.41. The first-order chi connectivity index (χ1) is 6.03. The van der Waals surface area contributed by atoms with E-state index in [0.29, 0.717) is 12.0 Å². The predicted molar refractivity (Wildman–Crippen MR) is 48.2 cm³/mol. The van der Waals surface area contributed by atoms with Crippen LogP contribution in [0.25, 0.3) is 0 Å². The van der Waals surface area contributed by atoms with Gasteiger partial charge < -0.3 is 14.2 Å². The fourth-order valence-electron chi connectivity index (χ4n) is 2.19. The van der Waals surface area contributed by atoms with Crippen LogP contribution in [0.1, 0.15) is 34.1 Å². The number of ether oxygens (including phenoxy) is 3. The maximum Gasteiger partial charge on any atom is 0.187 e. The van der Waals surface area contributed by atoms with Gasteiger partial charge in [-0.25, -0.2) is 0 Å². The maximum absolute atomic E-state index is 5.77. The zero-order valence-electron chi connectivity index (χ0n) is 8.74. The fourth-order valence-corrected chi connectivity index (χ4v) is 2.19. The SMILES string of the molecule is CC[C@@H]1O[C@H]2OC(C)(C)O[C@H]2[C@@H]1C. The van der Waals surface area contributed by atoms with E-state index in [2.05, 4.69) is 13.8 Å². The highest BCUT2D eigenvalue weighted by atomic mass is 16.8. The zero-order valence-corrected chi connectivity index (χ0v) is 8.74. The van der Waals surface area contributed by atoms with Crippen molar-refractivity contribution in [1.82, 2.24) is 0 Å². The summed E-state index contributed by atoms with van der Waals surface area (Å²) in [5, 5.41) is 0. The number of hydrogen-bond acceptors (Lipinski definition) is 3. The number of rotatable bonds is 1. The van der Waals surface area contributed by atoms with Gasteiger partial charge in [-0.3, -0.25) is 0 Å². The summed E-state index contributed by atoms with van der Waals surface area (Å²) in [6.45, 7) is 8.17. The monoisotopic (exact) mass is 186 g/mol.